The minimum Gasteiger partial charge on any atom is -0.489 e. The normalized spacial score (nSPS) is 12.4. The molecule has 0 radical (unpaired) electrons. The third-order valence-electron chi connectivity index (χ3n) is 5.83. The molecule has 180 valence electrons. The second kappa shape index (κ2) is 11.7. The van der Waals surface area contributed by atoms with Crippen LogP contribution in [0.25, 0.3) is 11.1 Å². The molecule has 0 aromatic heterocycles. The maximum absolute atomic E-state index is 14.1. The average Bonchev–Trinajstić information content (AvgIpc) is 2.82. The Bertz CT molecular complexity index is 1060. The van der Waals surface area contributed by atoms with Crippen LogP contribution in [0.4, 0.5) is 13.2 Å². The van der Waals surface area contributed by atoms with Gasteiger partial charge in [0.2, 0.25) is 0 Å². The first-order chi connectivity index (χ1) is 16.3. The highest BCUT2D eigenvalue weighted by molar-refractivity contribution is 5.89. The lowest BCUT2D eigenvalue weighted by Crippen LogP contribution is -2.22. The highest BCUT2D eigenvalue weighted by atomic mass is 19.4. The van der Waals surface area contributed by atoms with Crippen LogP contribution >= 0.6 is 0 Å². The van der Waals surface area contributed by atoms with E-state index in [0.717, 1.165) is 18.4 Å². The number of hydrogen-bond donors (Lipinski definition) is 1. The highest BCUT2D eigenvalue weighted by Gasteiger charge is 2.41. The zero-order chi connectivity index (χ0) is 24.6. The van der Waals surface area contributed by atoms with Gasteiger partial charge in [-0.05, 0) is 52.9 Å². The molecule has 1 N–H and O–H groups in total. The Balaban J connectivity index is 1.89. The SMILES string of the molecule is CCCCCCC(c1cc(C(=O)O)ccc1-c1ccc(OCc2ccccc2)cc1)C(F)(F)F. The lowest BCUT2D eigenvalue weighted by atomic mass is 9.85. The summed E-state index contributed by atoms with van der Waals surface area (Å²) in [5.41, 5.74) is 1.83. The number of ether oxygens (including phenoxy) is 1. The number of aromatic carboxylic acids is 1. The molecular weight excluding hydrogens is 441 g/mol. The maximum Gasteiger partial charge on any atom is 0.395 e. The van der Waals surface area contributed by atoms with E-state index in [-0.39, 0.29) is 17.5 Å². The van der Waals surface area contributed by atoms with E-state index in [2.05, 4.69) is 0 Å². The van der Waals surface area contributed by atoms with Gasteiger partial charge in [-0.2, -0.15) is 13.2 Å². The number of alkyl halides is 3. The number of halogens is 3. The zero-order valence-corrected chi connectivity index (χ0v) is 19.1. The van der Waals surface area contributed by atoms with Crippen LogP contribution in [0.15, 0.2) is 72.8 Å². The molecule has 3 aromatic carbocycles. The van der Waals surface area contributed by atoms with Crippen molar-refractivity contribution < 1.29 is 27.8 Å². The van der Waals surface area contributed by atoms with Gasteiger partial charge in [0.25, 0.3) is 0 Å². The van der Waals surface area contributed by atoms with Gasteiger partial charge < -0.3 is 9.84 Å². The monoisotopic (exact) mass is 470 g/mol. The van der Waals surface area contributed by atoms with Crippen molar-refractivity contribution in [1.82, 2.24) is 0 Å². The Morgan fingerprint density at radius 3 is 2.26 bits per heavy atom. The standard InChI is InChI=1S/C28H29F3O3/c1-2-3-4-8-11-26(28(29,30)31)25-18-22(27(32)33)14-17-24(25)21-12-15-23(16-13-21)34-19-20-9-6-5-7-10-20/h5-7,9-10,12-18,26H,2-4,8,11,19H2,1H3,(H,32,33). The molecule has 0 aliphatic rings. The lowest BCUT2D eigenvalue weighted by molar-refractivity contribution is -0.152. The van der Waals surface area contributed by atoms with Crippen molar-refractivity contribution in [2.75, 3.05) is 0 Å². The molecule has 0 saturated carbocycles. The topological polar surface area (TPSA) is 46.5 Å². The Labute approximate surface area is 198 Å². The maximum atomic E-state index is 14.1. The summed E-state index contributed by atoms with van der Waals surface area (Å²) in [6.45, 7) is 2.38. The van der Waals surface area contributed by atoms with Crippen molar-refractivity contribution in [3.63, 3.8) is 0 Å². The fraction of sp³-hybridized carbons (Fsp3) is 0.321. The van der Waals surface area contributed by atoms with E-state index in [4.69, 9.17) is 4.74 Å². The Morgan fingerprint density at radius 1 is 0.941 bits per heavy atom. The molecule has 0 bridgehead atoms. The van der Waals surface area contributed by atoms with Gasteiger partial charge in [0, 0.05) is 0 Å². The summed E-state index contributed by atoms with van der Waals surface area (Å²) in [6, 6.07) is 20.5. The van der Waals surface area contributed by atoms with Gasteiger partial charge >= 0.3 is 12.1 Å². The van der Waals surface area contributed by atoms with Crippen LogP contribution in [0.2, 0.25) is 0 Å². The van der Waals surface area contributed by atoms with Crippen molar-refractivity contribution in [3.05, 3.63) is 89.5 Å². The van der Waals surface area contributed by atoms with Crippen LogP contribution in [-0.2, 0) is 6.61 Å². The number of carboxylic acid groups (broad SMARTS) is 1. The molecule has 1 atom stereocenters. The van der Waals surface area contributed by atoms with E-state index in [1.54, 1.807) is 24.3 Å². The molecule has 3 rings (SSSR count). The van der Waals surface area contributed by atoms with E-state index >= 15 is 0 Å². The second-order valence-corrected chi connectivity index (χ2v) is 8.35. The lowest BCUT2D eigenvalue weighted by Gasteiger charge is -2.24. The van der Waals surface area contributed by atoms with Gasteiger partial charge in [-0.3, -0.25) is 0 Å². The second-order valence-electron chi connectivity index (χ2n) is 8.35. The third-order valence-corrected chi connectivity index (χ3v) is 5.83. The fourth-order valence-electron chi connectivity index (χ4n) is 3.99. The van der Waals surface area contributed by atoms with Crippen molar-refractivity contribution in [1.29, 1.82) is 0 Å². The molecule has 3 nitrogen and oxygen atoms in total. The minimum atomic E-state index is -4.48. The highest BCUT2D eigenvalue weighted by Crippen LogP contribution is 2.43. The number of hydrogen-bond acceptors (Lipinski definition) is 2. The van der Waals surface area contributed by atoms with Gasteiger partial charge in [-0.1, -0.05) is 81.1 Å². The van der Waals surface area contributed by atoms with E-state index < -0.39 is 18.1 Å². The molecule has 6 heteroatoms. The Morgan fingerprint density at radius 2 is 1.65 bits per heavy atom. The van der Waals surface area contributed by atoms with Gasteiger partial charge in [-0.25, -0.2) is 4.79 Å². The first kappa shape index (κ1) is 25.3. The molecule has 0 fully saturated rings. The molecule has 0 spiro atoms. The molecule has 0 amide bonds. The number of unbranched alkanes of at least 4 members (excludes halogenated alkanes) is 3. The van der Waals surface area contributed by atoms with E-state index in [1.807, 2.05) is 37.3 Å². The molecule has 1 unspecified atom stereocenters. The Kier molecular flexibility index (Phi) is 8.74. The number of benzene rings is 3. The molecule has 0 heterocycles. The van der Waals surface area contributed by atoms with Crippen molar-refractivity contribution >= 4 is 5.97 Å². The predicted octanol–water partition coefficient (Wildman–Crippen LogP) is 8.25. The summed E-state index contributed by atoms with van der Waals surface area (Å²) < 4.78 is 48.1. The predicted molar refractivity (Wildman–Crippen MR) is 127 cm³/mol. The quantitative estimate of drug-likeness (QED) is 0.287. The number of carbonyl (C=O) groups is 1. The van der Waals surface area contributed by atoms with Gasteiger partial charge in [-0.15, -0.1) is 0 Å². The summed E-state index contributed by atoms with van der Waals surface area (Å²) >= 11 is 0. The van der Waals surface area contributed by atoms with Crippen LogP contribution in [0.1, 0.15) is 66.4 Å². The van der Waals surface area contributed by atoms with Crippen molar-refractivity contribution in [2.45, 2.75) is 57.7 Å². The third kappa shape index (κ3) is 6.86. The van der Waals surface area contributed by atoms with Gasteiger partial charge in [0.15, 0.2) is 0 Å². The molecular formula is C28H29F3O3. The number of rotatable bonds is 11. The van der Waals surface area contributed by atoms with Gasteiger partial charge in [0.1, 0.15) is 12.4 Å². The van der Waals surface area contributed by atoms with Crippen LogP contribution in [0, 0.1) is 0 Å². The Hall–Kier alpha value is -3.28. The summed E-state index contributed by atoms with van der Waals surface area (Å²) in [7, 11) is 0. The number of carboxylic acids is 1. The van der Waals surface area contributed by atoms with Crippen molar-refractivity contribution in [2.24, 2.45) is 0 Å². The summed E-state index contributed by atoms with van der Waals surface area (Å²) in [4.78, 5) is 11.5. The van der Waals surface area contributed by atoms with Crippen LogP contribution < -0.4 is 4.74 Å². The van der Waals surface area contributed by atoms with Crippen LogP contribution in [-0.4, -0.2) is 17.3 Å². The zero-order valence-electron chi connectivity index (χ0n) is 19.1. The molecule has 34 heavy (non-hydrogen) atoms. The molecule has 0 aliphatic heterocycles. The van der Waals surface area contributed by atoms with E-state index in [9.17, 15) is 23.1 Å². The van der Waals surface area contributed by atoms with Gasteiger partial charge in [0.05, 0.1) is 11.5 Å². The molecule has 3 aromatic rings. The largest absolute Gasteiger partial charge is 0.489 e. The van der Waals surface area contributed by atoms with E-state index in [1.165, 1.54) is 18.2 Å². The van der Waals surface area contributed by atoms with E-state index in [0.29, 0.717) is 36.3 Å². The summed E-state index contributed by atoms with van der Waals surface area (Å²) in [6.07, 6.45) is -1.60. The minimum absolute atomic E-state index is 0.00172. The molecule has 0 aliphatic carbocycles. The average molecular weight is 471 g/mol. The first-order valence-electron chi connectivity index (χ1n) is 11.5. The fourth-order valence-corrected chi connectivity index (χ4v) is 3.99. The van der Waals surface area contributed by atoms with Crippen LogP contribution in [0.3, 0.4) is 0 Å². The van der Waals surface area contributed by atoms with Crippen molar-refractivity contribution in [3.8, 4) is 16.9 Å². The summed E-state index contributed by atoms with van der Waals surface area (Å²) in [5, 5.41) is 9.39. The van der Waals surface area contributed by atoms with Crippen LogP contribution in [0.5, 0.6) is 5.75 Å². The molecule has 0 saturated heterocycles. The smallest absolute Gasteiger partial charge is 0.395 e. The summed E-state index contributed by atoms with van der Waals surface area (Å²) in [5.74, 6) is -2.37. The first-order valence-corrected chi connectivity index (χ1v) is 11.5.